The van der Waals surface area contributed by atoms with Crippen molar-refractivity contribution in [3.8, 4) is 0 Å². The molecule has 0 saturated carbocycles. The standard InChI is InChI=1S/C29H30Cl2N4O4/c30-21-13-15-23(32-16-6-9-18-7-2-1-3-8-18)26(31)25(21)27(36)34-24(28(37)38)17-33-29(39)35-22-14-12-19-10-4-5-11-20(19)22/h1-5,7-8,10-11,13,15,22,24,32H,6,9,12,14,16-17H2,(H,34,36)(H,37,38)(H2,33,35,39)/t22-,24+/m1/s1. The van der Waals surface area contributed by atoms with E-state index in [1.54, 1.807) is 6.07 Å². The number of urea groups is 1. The number of carbonyl (C=O) groups excluding carboxylic acids is 2. The third-order valence-corrected chi connectivity index (χ3v) is 7.33. The van der Waals surface area contributed by atoms with E-state index in [1.807, 2.05) is 42.5 Å². The number of aryl methyl sites for hydroxylation is 2. The van der Waals surface area contributed by atoms with Crippen molar-refractivity contribution in [2.24, 2.45) is 0 Å². The molecule has 3 aromatic rings. The number of carbonyl (C=O) groups is 3. The van der Waals surface area contributed by atoms with Gasteiger partial charge in [-0.3, -0.25) is 4.79 Å². The van der Waals surface area contributed by atoms with Gasteiger partial charge in [0.05, 0.1) is 33.9 Å². The number of nitrogens with one attached hydrogen (secondary N) is 4. The van der Waals surface area contributed by atoms with Crippen molar-refractivity contribution in [1.29, 1.82) is 0 Å². The van der Waals surface area contributed by atoms with Gasteiger partial charge in [-0.1, -0.05) is 77.8 Å². The molecule has 204 valence electrons. The van der Waals surface area contributed by atoms with Crippen molar-refractivity contribution in [1.82, 2.24) is 16.0 Å². The number of benzene rings is 3. The molecule has 0 aromatic heterocycles. The Bertz CT molecular complexity index is 1340. The van der Waals surface area contributed by atoms with Crippen LogP contribution in [0.2, 0.25) is 10.0 Å². The zero-order chi connectivity index (χ0) is 27.8. The second kappa shape index (κ2) is 13.4. The summed E-state index contributed by atoms with van der Waals surface area (Å²) in [5.74, 6) is -2.06. The van der Waals surface area contributed by atoms with Gasteiger partial charge in [-0.15, -0.1) is 0 Å². The molecule has 0 saturated heterocycles. The van der Waals surface area contributed by atoms with E-state index < -0.39 is 23.9 Å². The number of fused-ring (bicyclic) bond motifs is 1. The van der Waals surface area contributed by atoms with Gasteiger partial charge in [0.15, 0.2) is 0 Å². The molecule has 0 heterocycles. The van der Waals surface area contributed by atoms with Crippen molar-refractivity contribution >= 4 is 46.8 Å². The van der Waals surface area contributed by atoms with Gasteiger partial charge in [-0.25, -0.2) is 9.59 Å². The third kappa shape index (κ3) is 7.43. The number of aliphatic carboxylic acids is 1. The normalized spacial score (nSPS) is 14.7. The van der Waals surface area contributed by atoms with E-state index >= 15 is 0 Å². The van der Waals surface area contributed by atoms with Crippen LogP contribution in [0.25, 0.3) is 0 Å². The minimum absolute atomic E-state index is 0.0374. The molecule has 39 heavy (non-hydrogen) atoms. The number of hydrogen-bond donors (Lipinski definition) is 5. The van der Waals surface area contributed by atoms with Gasteiger partial charge in [-0.05, 0) is 54.5 Å². The minimum Gasteiger partial charge on any atom is -0.480 e. The summed E-state index contributed by atoms with van der Waals surface area (Å²) in [4.78, 5) is 37.4. The van der Waals surface area contributed by atoms with Gasteiger partial charge in [0.25, 0.3) is 5.91 Å². The molecule has 4 rings (SSSR count). The molecule has 0 radical (unpaired) electrons. The molecule has 0 unspecified atom stereocenters. The smallest absolute Gasteiger partial charge is 0.328 e. The van der Waals surface area contributed by atoms with Crippen molar-refractivity contribution in [3.63, 3.8) is 0 Å². The van der Waals surface area contributed by atoms with Crippen molar-refractivity contribution < 1.29 is 19.5 Å². The number of anilines is 1. The van der Waals surface area contributed by atoms with Crippen LogP contribution in [-0.2, 0) is 17.6 Å². The van der Waals surface area contributed by atoms with Crippen LogP contribution >= 0.6 is 23.2 Å². The van der Waals surface area contributed by atoms with Crippen LogP contribution in [0.1, 0.15) is 45.9 Å². The minimum atomic E-state index is -1.39. The first-order chi connectivity index (χ1) is 18.8. The van der Waals surface area contributed by atoms with E-state index in [4.69, 9.17) is 23.2 Å². The fourth-order valence-corrected chi connectivity index (χ4v) is 5.21. The lowest BCUT2D eigenvalue weighted by atomic mass is 10.1. The molecule has 0 spiro atoms. The Hall–Kier alpha value is -3.75. The summed E-state index contributed by atoms with van der Waals surface area (Å²) in [6, 6.07) is 19.1. The van der Waals surface area contributed by atoms with Gasteiger partial charge >= 0.3 is 12.0 Å². The molecule has 3 amide bonds. The number of hydrogen-bond acceptors (Lipinski definition) is 4. The van der Waals surface area contributed by atoms with Crippen LogP contribution in [0.15, 0.2) is 66.7 Å². The van der Waals surface area contributed by atoms with Crippen molar-refractivity contribution in [2.45, 2.75) is 37.8 Å². The fraction of sp³-hybridized carbons (Fsp3) is 0.276. The van der Waals surface area contributed by atoms with Crippen molar-refractivity contribution in [3.05, 3.63) is 99.0 Å². The highest BCUT2D eigenvalue weighted by Crippen LogP contribution is 2.32. The Balaban J connectivity index is 1.32. The van der Waals surface area contributed by atoms with E-state index in [1.165, 1.54) is 17.2 Å². The molecule has 0 fully saturated rings. The quantitative estimate of drug-likeness (QED) is 0.203. The van der Waals surface area contributed by atoms with E-state index in [0.29, 0.717) is 12.2 Å². The Morgan fingerprint density at radius 1 is 0.974 bits per heavy atom. The van der Waals surface area contributed by atoms with Crippen LogP contribution in [0.3, 0.4) is 0 Å². The van der Waals surface area contributed by atoms with Crippen LogP contribution in [0.5, 0.6) is 0 Å². The fourth-order valence-electron chi connectivity index (χ4n) is 4.60. The van der Waals surface area contributed by atoms with Gasteiger partial charge in [0.2, 0.25) is 0 Å². The predicted octanol–water partition coefficient (Wildman–Crippen LogP) is 5.21. The molecule has 1 aliphatic carbocycles. The molecule has 1 aliphatic rings. The Morgan fingerprint density at radius 3 is 2.49 bits per heavy atom. The van der Waals surface area contributed by atoms with E-state index in [9.17, 15) is 19.5 Å². The second-order valence-corrected chi connectivity index (χ2v) is 10.1. The maximum absolute atomic E-state index is 13.0. The molecule has 3 aromatic carbocycles. The Labute approximate surface area is 237 Å². The lowest BCUT2D eigenvalue weighted by molar-refractivity contribution is -0.139. The van der Waals surface area contributed by atoms with Crippen LogP contribution < -0.4 is 21.3 Å². The van der Waals surface area contributed by atoms with E-state index in [2.05, 4.69) is 33.4 Å². The number of rotatable bonds is 11. The summed E-state index contributed by atoms with van der Waals surface area (Å²) < 4.78 is 0. The molecule has 10 heteroatoms. The summed E-state index contributed by atoms with van der Waals surface area (Å²) in [6.45, 7) is 0.285. The lowest BCUT2D eigenvalue weighted by Gasteiger charge is -2.19. The molecule has 0 bridgehead atoms. The largest absolute Gasteiger partial charge is 0.480 e. The van der Waals surface area contributed by atoms with Crippen LogP contribution in [-0.4, -0.2) is 42.1 Å². The van der Waals surface area contributed by atoms with Gasteiger partial charge < -0.3 is 26.4 Å². The topological polar surface area (TPSA) is 120 Å². The maximum atomic E-state index is 13.0. The summed E-state index contributed by atoms with van der Waals surface area (Å²) in [5.41, 5.74) is 3.93. The Morgan fingerprint density at radius 2 is 1.72 bits per heavy atom. The van der Waals surface area contributed by atoms with Gasteiger partial charge in [0, 0.05) is 6.54 Å². The summed E-state index contributed by atoms with van der Waals surface area (Å²) in [7, 11) is 0. The molecule has 5 N–H and O–H groups in total. The monoisotopic (exact) mass is 568 g/mol. The highest BCUT2D eigenvalue weighted by Gasteiger charge is 2.27. The molecule has 2 atom stereocenters. The Kier molecular flexibility index (Phi) is 9.68. The van der Waals surface area contributed by atoms with Gasteiger partial charge in [-0.2, -0.15) is 0 Å². The SMILES string of the molecule is O=C(NC[C@H](NC(=O)c1c(Cl)ccc(NCCCc2ccccc2)c1Cl)C(=O)O)N[C@@H]1CCc2ccccc21. The summed E-state index contributed by atoms with van der Waals surface area (Å²) in [5, 5.41) is 20.9. The first-order valence-corrected chi connectivity index (χ1v) is 13.5. The highest BCUT2D eigenvalue weighted by molar-refractivity contribution is 6.41. The molecular weight excluding hydrogens is 539 g/mol. The van der Waals surface area contributed by atoms with E-state index in [0.717, 1.165) is 31.2 Å². The average Bonchev–Trinajstić information content (AvgIpc) is 3.33. The van der Waals surface area contributed by atoms with Crippen LogP contribution in [0.4, 0.5) is 10.5 Å². The zero-order valence-corrected chi connectivity index (χ0v) is 22.7. The third-order valence-electron chi connectivity index (χ3n) is 6.63. The summed E-state index contributed by atoms with van der Waals surface area (Å²) >= 11 is 12.8. The molecule has 0 aliphatic heterocycles. The number of amides is 3. The first-order valence-electron chi connectivity index (χ1n) is 12.7. The van der Waals surface area contributed by atoms with Gasteiger partial charge in [0.1, 0.15) is 6.04 Å². The van der Waals surface area contributed by atoms with Crippen LogP contribution in [0, 0.1) is 0 Å². The first kappa shape index (κ1) is 28.3. The number of carboxylic acids is 1. The average molecular weight is 569 g/mol. The second-order valence-electron chi connectivity index (χ2n) is 9.31. The number of halogens is 2. The molecule has 8 nitrogen and oxygen atoms in total. The highest BCUT2D eigenvalue weighted by atomic mass is 35.5. The maximum Gasteiger partial charge on any atom is 0.328 e. The molecular formula is C29H30Cl2N4O4. The lowest BCUT2D eigenvalue weighted by Crippen LogP contribution is -2.50. The van der Waals surface area contributed by atoms with E-state index in [-0.39, 0.29) is 28.2 Å². The predicted molar refractivity (Wildman–Crippen MR) is 153 cm³/mol. The summed E-state index contributed by atoms with van der Waals surface area (Å²) in [6.07, 6.45) is 3.34. The number of carboxylic acid groups (broad SMARTS) is 1. The van der Waals surface area contributed by atoms with Crippen molar-refractivity contribution in [2.75, 3.05) is 18.4 Å². The zero-order valence-electron chi connectivity index (χ0n) is 21.2.